The van der Waals surface area contributed by atoms with Crippen molar-refractivity contribution >= 4 is 0 Å². The van der Waals surface area contributed by atoms with Crippen molar-refractivity contribution in [2.24, 2.45) is 5.92 Å². The van der Waals surface area contributed by atoms with Crippen molar-refractivity contribution in [3.63, 3.8) is 0 Å². The van der Waals surface area contributed by atoms with E-state index in [1.54, 1.807) is 0 Å². The molecule has 0 spiro atoms. The summed E-state index contributed by atoms with van der Waals surface area (Å²) in [6.07, 6.45) is 4.12. The quantitative estimate of drug-likeness (QED) is 0.760. The second-order valence-electron chi connectivity index (χ2n) is 4.25. The third kappa shape index (κ3) is 1.83. The van der Waals surface area contributed by atoms with E-state index in [4.69, 9.17) is 0 Å². The van der Waals surface area contributed by atoms with E-state index in [0.717, 1.165) is 25.7 Å². The van der Waals surface area contributed by atoms with Gasteiger partial charge in [0.1, 0.15) is 0 Å². The van der Waals surface area contributed by atoms with E-state index in [9.17, 15) is 5.11 Å². The topological polar surface area (TPSA) is 20.2 Å². The molecule has 0 amide bonds. The molecule has 76 valence electrons. The summed E-state index contributed by atoms with van der Waals surface area (Å²) in [6.45, 7) is 2.06. The fraction of sp³-hybridized carbons (Fsp3) is 0.538. The molecule has 0 aliphatic heterocycles. The second kappa shape index (κ2) is 4.14. The van der Waals surface area contributed by atoms with E-state index in [1.807, 2.05) is 0 Å². The average Bonchev–Trinajstić information content (AvgIpc) is 2.27. The van der Waals surface area contributed by atoms with Gasteiger partial charge in [0.25, 0.3) is 0 Å². The van der Waals surface area contributed by atoms with Crippen molar-refractivity contribution in [1.82, 2.24) is 0 Å². The Kier molecular flexibility index (Phi) is 2.87. The lowest BCUT2D eigenvalue weighted by molar-refractivity contribution is 0.0955. The van der Waals surface area contributed by atoms with Crippen LogP contribution >= 0.6 is 0 Å². The van der Waals surface area contributed by atoms with E-state index in [0.29, 0.717) is 5.92 Å². The number of hydrogen-bond acceptors (Lipinski definition) is 1. The zero-order chi connectivity index (χ0) is 9.97. The maximum atomic E-state index is 9.81. The number of aryl methyl sites for hydroxylation is 1. The fourth-order valence-corrected chi connectivity index (χ4v) is 2.39. The van der Waals surface area contributed by atoms with Gasteiger partial charge < -0.3 is 5.11 Å². The van der Waals surface area contributed by atoms with Gasteiger partial charge in [-0.2, -0.15) is 0 Å². The molecule has 1 aliphatic rings. The Labute approximate surface area is 85.8 Å². The molecule has 1 aliphatic carbocycles. The average molecular weight is 190 g/mol. The molecule has 2 rings (SSSR count). The summed E-state index contributed by atoms with van der Waals surface area (Å²) in [5.41, 5.74) is 2.92. The molecular formula is C13H18O. The van der Waals surface area contributed by atoms with E-state index in [1.165, 1.54) is 11.1 Å². The highest BCUT2D eigenvalue weighted by atomic mass is 16.3. The first kappa shape index (κ1) is 9.72. The van der Waals surface area contributed by atoms with Crippen molar-refractivity contribution in [2.75, 3.05) is 0 Å². The molecule has 0 saturated heterocycles. The molecule has 1 unspecified atom stereocenters. The van der Waals surface area contributed by atoms with Crippen LogP contribution in [0.3, 0.4) is 0 Å². The summed E-state index contributed by atoms with van der Waals surface area (Å²) >= 11 is 0. The minimum Gasteiger partial charge on any atom is -0.393 e. The molecule has 2 atom stereocenters. The fourth-order valence-electron chi connectivity index (χ4n) is 2.39. The van der Waals surface area contributed by atoms with Crippen LogP contribution in [-0.2, 0) is 12.8 Å². The van der Waals surface area contributed by atoms with Crippen LogP contribution in [0.25, 0.3) is 0 Å². The van der Waals surface area contributed by atoms with Crippen LogP contribution < -0.4 is 0 Å². The summed E-state index contributed by atoms with van der Waals surface area (Å²) < 4.78 is 0. The van der Waals surface area contributed by atoms with E-state index in [-0.39, 0.29) is 6.10 Å². The van der Waals surface area contributed by atoms with Gasteiger partial charge in [-0.15, -0.1) is 0 Å². The van der Waals surface area contributed by atoms with Gasteiger partial charge in [-0.05, 0) is 42.7 Å². The molecule has 1 heteroatoms. The van der Waals surface area contributed by atoms with Gasteiger partial charge in [-0.3, -0.25) is 0 Å². The highest BCUT2D eigenvalue weighted by Crippen LogP contribution is 2.28. The van der Waals surface area contributed by atoms with Crippen molar-refractivity contribution in [2.45, 2.75) is 38.7 Å². The molecule has 1 N–H and O–H groups in total. The number of rotatable bonds is 2. The smallest absolute Gasteiger partial charge is 0.0569 e. The van der Waals surface area contributed by atoms with Gasteiger partial charge >= 0.3 is 0 Å². The van der Waals surface area contributed by atoms with Gasteiger partial charge in [-0.25, -0.2) is 0 Å². The summed E-state index contributed by atoms with van der Waals surface area (Å²) in [5.74, 6) is 0.481. The van der Waals surface area contributed by atoms with Gasteiger partial charge in [0, 0.05) is 0 Å². The molecule has 0 aromatic heterocycles. The highest BCUT2D eigenvalue weighted by Gasteiger charge is 2.23. The van der Waals surface area contributed by atoms with Gasteiger partial charge in [0.2, 0.25) is 0 Å². The van der Waals surface area contributed by atoms with Gasteiger partial charge in [0.15, 0.2) is 0 Å². The number of aliphatic hydroxyl groups is 1. The Balaban J connectivity index is 2.13. The Hall–Kier alpha value is -0.820. The molecule has 0 fully saturated rings. The Bertz CT molecular complexity index is 306. The molecular weight excluding hydrogens is 172 g/mol. The van der Waals surface area contributed by atoms with Crippen LogP contribution in [0.1, 0.15) is 30.9 Å². The predicted octanol–water partition coefficient (Wildman–Crippen LogP) is 2.56. The molecule has 0 heterocycles. The summed E-state index contributed by atoms with van der Waals surface area (Å²) in [6, 6.07) is 8.61. The van der Waals surface area contributed by atoms with E-state index in [2.05, 4.69) is 31.2 Å². The van der Waals surface area contributed by atoms with Crippen LogP contribution in [-0.4, -0.2) is 11.2 Å². The van der Waals surface area contributed by atoms with E-state index < -0.39 is 0 Å². The van der Waals surface area contributed by atoms with Crippen molar-refractivity contribution < 1.29 is 5.11 Å². The minimum absolute atomic E-state index is 0.108. The van der Waals surface area contributed by atoms with Crippen molar-refractivity contribution in [3.05, 3.63) is 35.4 Å². The number of benzene rings is 1. The monoisotopic (exact) mass is 190 g/mol. The van der Waals surface area contributed by atoms with Crippen LogP contribution in [0, 0.1) is 5.92 Å². The lowest BCUT2D eigenvalue weighted by atomic mass is 9.80. The second-order valence-corrected chi connectivity index (χ2v) is 4.25. The normalized spacial score (nSPS) is 22.9. The van der Waals surface area contributed by atoms with Gasteiger partial charge in [-0.1, -0.05) is 31.2 Å². The lowest BCUT2D eigenvalue weighted by Gasteiger charge is -2.27. The van der Waals surface area contributed by atoms with E-state index >= 15 is 0 Å². The summed E-state index contributed by atoms with van der Waals surface area (Å²) in [4.78, 5) is 0. The largest absolute Gasteiger partial charge is 0.393 e. The molecule has 14 heavy (non-hydrogen) atoms. The highest BCUT2D eigenvalue weighted by molar-refractivity contribution is 5.29. The Morgan fingerprint density at radius 1 is 1.36 bits per heavy atom. The van der Waals surface area contributed by atoms with Crippen LogP contribution in [0.15, 0.2) is 24.3 Å². The maximum absolute atomic E-state index is 9.81. The minimum atomic E-state index is -0.108. The summed E-state index contributed by atoms with van der Waals surface area (Å²) in [7, 11) is 0. The number of hydrogen-bond donors (Lipinski definition) is 1. The number of aliphatic hydroxyl groups excluding tert-OH is 1. The molecule has 1 aromatic rings. The Morgan fingerprint density at radius 2 is 2.07 bits per heavy atom. The first-order chi connectivity index (χ1) is 6.81. The van der Waals surface area contributed by atoms with Crippen LogP contribution in [0.4, 0.5) is 0 Å². The van der Waals surface area contributed by atoms with Gasteiger partial charge in [0.05, 0.1) is 6.10 Å². The number of fused-ring (bicyclic) bond motifs is 1. The molecule has 0 radical (unpaired) electrons. The van der Waals surface area contributed by atoms with Crippen LogP contribution in [0.5, 0.6) is 0 Å². The Morgan fingerprint density at radius 3 is 2.79 bits per heavy atom. The third-order valence-electron chi connectivity index (χ3n) is 3.35. The zero-order valence-corrected chi connectivity index (χ0v) is 8.74. The molecule has 1 nitrogen and oxygen atoms in total. The maximum Gasteiger partial charge on any atom is 0.0569 e. The third-order valence-corrected chi connectivity index (χ3v) is 3.35. The standard InChI is InChI=1S/C13H18O/c1-2-13(14)12-8-7-10-5-3-4-6-11(10)9-12/h3-6,12-14H,2,7-9H2,1H3/t12?,13-/m0/s1. The first-order valence-corrected chi connectivity index (χ1v) is 5.56. The molecule has 0 saturated carbocycles. The van der Waals surface area contributed by atoms with Crippen LogP contribution in [0.2, 0.25) is 0 Å². The molecule has 1 aromatic carbocycles. The molecule has 0 bridgehead atoms. The lowest BCUT2D eigenvalue weighted by Crippen LogP contribution is -2.26. The van der Waals surface area contributed by atoms with Crippen molar-refractivity contribution in [1.29, 1.82) is 0 Å². The first-order valence-electron chi connectivity index (χ1n) is 5.56. The zero-order valence-electron chi connectivity index (χ0n) is 8.74. The summed E-state index contributed by atoms with van der Waals surface area (Å²) in [5, 5.41) is 9.81. The predicted molar refractivity (Wildman–Crippen MR) is 58.3 cm³/mol. The van der Waals surface area contributed by atoms with Crippen molar-refractivity contribution in [3.8, 4) is 0 Å². The SMILES string of the molecule is CC[C@H](O)C1CCc2ccccc2C1.